The summed E-state index contributed by atoms with van der Waals surface area (Å²) < 4.78 is 0. The second-order valence-corrected chi connectivity index (χ2v) is 5.00. The fourth-order valence-electron chi connectivity index (χ4n) is 3.00. The molecule has 0 saturated heterocycles. The summed E-state index contributed by atoms with van der Waals surface area (Å²) in [7, 11) is 2.10. The Morgan fingerprint density at radius 1 is 1.42 bits per heavy atom. The number of aromatic nitrogens is 1. The van der Waals surface area contributed by atoms with Crippen molar-refractivity contribution in [1.82, 2.24) is 9.88 Å². The molecule has 0 spiro atoms. The molecule has 2 aromatic rings. The summed E-state index contributed by atoms with van der Waals surface area (Å²) in [5.74, 6) is 0.307. The molecule has 0 fully saturated rings. The number of pyridine rings is 1. The smallest absolute Gasteiger partial charge is 0.116 e. The van der Waals surface area contributed by atoms with Crippen molar-refractivity contribution in [2.75, 3.05) is 7.05 Å². The van der Waals surface area contributed by atoms with Gasteiger partial charge in [-0.2, -0.15) is 0 Å². The summed E-state index contributed by atoms with van der Waals surface area (Å²) in [6.07, 6.45) is 3.07. The number of hydrogen-bond donors (Lipinski definition) is 1. The summed E-state index contributed by atoms with van der Waals surface area (Å²) in [5, 5.41) is 10.8. The summed E-state index contributed by atoms with van der Waals surface area (Å²) >= 11 is 0. The third-order valence-electron chi connectivity index (χ3n) is 3.86. The normalized spacial score (nSPS) is 16.4. The predicted molar refractivity (Wildman–Crippen MR) is 77.9 cm³/mol. The molecule has 0 saturated carbocycles. The number of hydrogen-bond acceptors (Lipinski definition) is 3. The van der Waals surface area contributed by atoms with Crippen LogP contribution in [0.15, 0.2) is 24.3 Å². The number of aryl methyl sites for hydroxylation is 1. The molecule has 19 heavy (non-hydrogen) atoms. The lowest BCUT2D eigenvalue weighted by molar-refractivity contribution is 0.476. The highest BCUT2D eigenvalue weighted by atomic mass is 16.3. The molecule has 0 radical (unpaired) electrons. The van der Waals surface area contributed by atoms with Crippen molar-refractivity contribution < 1.29 is 5.11 Å². The van der Waals surface area contributed by atoms with Gasteiger partial charge < -0.3 is 10.0 Å². The Morgan fingerprint density at radius 3 is 2.89 bits per heavy atom. The summed E-state index contributed by atoms with van der Waals surface area (Å²) in [4.78, 5) is 7.02. The zero-order valence-corrected chi connectivity index (χ0v) is 11.6. The number of phenols is 1. The standard InChI is InChI=1S/C16H18N2O/c1-4-11-12-8-10(19)6-7-14(12)17-16-13(11)9-18(3)15(16)5-2/h5-8,19H,4,9H2,1-3H3. The van der Waals surface area contributed by atoms with E-state index in [0.29, 0.717) is 5.75 Å². The molecule has 1 aliphatic heterocycles. The first-order valence-corrected chi connectivity index (χ1v) is 6.68. The Morgan fingerprint density at radius 2 is 2.21 bits per heavy atom. The number of rotatable bonds is 1. The zero-order valence-electron chi connectivity index (χ0n) is 11.6. The molecular formula is C16H18N2O. The Balaban J connectivity index is 2.39. The van der Waals surface area contributed by atoms with E-state index in [9.17, 15) is 5.11 Å². The Labute approximate surface area is 113 Å². The largest absolute Gasteiger partial charge is 0.508 e. The van der Waals surface area contributed by atoms with Crippen LogP contribution in [0.1, 0.15) is 30.7 Å². The predicted octanol–water partition coefficient (Wildman–Crippen LogP) is 3.31. The molecule has 0 aliphatic carbocycles. The summed E-state index contributed by atoms with van der Waals surface area (Å²) in [6.45, 7) is 5.11. The number of allylic oxidation sites excluding steroid dienone is 1. The fraction of sp³-hybridized carbons (Fsp3) is 0.312. The Bertz CT molecular complexity index is 689. The topological polar surface area (TPSA) is 36.4 Å². The van der Waals surface area contributed by atoms with Crippen LogP contribution in [0, 0.1) is 0 Å². The van der Waals surface area contributed by atoms with Crippen molar-refractivity contribution in [3.05, 3.63) is 41.1 Å². The molecule has 1 N–H and O–H groups in total. The molecule has 0 unspecified atom stereocenters. The van der Waals surface area contributed by atoms with Gasteiger partial charge in [-0.1, -0.05) is 13.0 Å². The van der Waals surface area contributed by atoms with Gasteiger partial charge in [-0.25, -0.2) is 4.98 Å². The molecule has 0 bridgehead atoms. The van der Waals surface area contributed by atoms with Gasteiger partial charge in [0.2, 0.25) is 0 Å². The third-order valence-corrected chi connectivity index (χ3v) is 3.86. The minimum atomic E-state index is 0.307. The van der Waals surface area contributed by atoms with Crippen molar-refractivity contribution in [2.24, 2.45) is 0 Å². The van der Waals surface area contributed by atoms with Gasteiger partial charge in [-0.3, -0.25) is 0 Å². The minimum absolute atomic E-state index is 0.307. The van der Waals surface area contributed by atoms with Gasteiger partial charge in [0.25, 0.3) is 0 Å². The maximum atomic E-state index is 9.70. The van der Waals surface area contributed by atoms with Crippen LogP contribution in [0.4, 0.5) is 0 Å². The molecule has 3 heteroatoms. The van der Waals surface area contributed by atoms with Gasteiger partial charge >= 0.3 is 0 Å². The molecule has 0 atom stereocenters. The van der Waals surface area contributed by atoms with Crippen LogP contribution >= 0.6 is 0 Å². The van der Waals surface area contributed by atoms with Gasteiger partial charge in [-0.15, -0.1) is 0 Å². The first kappa shape index (κ1) is 12.0. The monoisotopic (exact) mass is 254 g/mol. The van der Waals surface area contributed by atoms with Crippen molar-refractivity contribution >= 4 is 16.6 Å². The lowest BCUT2D eigenvalue weighted by Crippen LogP contribution is -2.07. The van der Waals surface area contributed by atoms with Crippen molar-refractivity contribution in [2.45, 2.75) is 26.8 Å². The first-order chi connectivity index (χ1) is 9.15. The van der Waals surface area contributed by atoms with E-state index < -0.39 is 0 Å². The van der Waals surface area contributed by atoms with Crippen LogP contribution < -0.4 is 0 Å². The molecule has 1 aliphatic rings. The molecule has 1 aromatic heterocycles. The SMILES string of the molecule is CC=C1c2nc3ccc(O)cc3c(CC)c2CN1C. The van der Waals surface area contributed by atoms with E-state index >= 15 is 0 Å². The highest BCUT2D eigenvalue weighted by molar-refractivity contribution is 5.88. The summed E-state index contributed by atoms with van der Waals surface area (Å²) in [5.41, 5.74) is 5.86. The highest BCUT2D eigenvalue weighted by Gasteiger charge is 2.25. The Kier molecular flexibility index (Phi) is 2.70. The first-order valence-electron chi connectivity index (χ1n) is 6.68. The number of aromatic hydroxyl groups is 1. The third kappa shape index (κ3) is 1.69. The lowest BCUT2D eigenvalue weighted by atomic mass is 9.99. The van der Waals surface area contributed by atoms with E-state index in [1.54, 1.807) is 6.07 Å². The lowest BCUT2D eigenvalue weighted by Gasteiger charge is -2.11. The van der Waals surface area contributed by atoms with Crippen molar-refractivity contribution in [3.8, 4) is 5.75 Å². The van der Waals surface area contributed by atoms with E-state index in [1.807, 2.05) is 12.1 Å². The maximum Gasteiger partial charge on any atom is 0.116 e. The fourth-order valence-corrected chi connectivity index (χ4v) is 3.00. The molecule has 3 nitrogen and oxygen atoms in total. The van der Waals surface area contributed by atoms with Crippen LogP contribution in [0.25, 0.3) is 16.6 Å². The summed E-state index contributed by atoms with van der Waals surface area (Å²) in [6, 6.07) is 5.43. The quantitative estimate of drug-likeness (QED) is 0.848. The minimum Gasteiger partial charge on any atom is -0.508 e. The van der Waals surface area contributed by atoms with Crippen LogP contribution in [0.2, 0.25) is 0 Å². The van der Waals surface area contributed by atoms with Crippen molar-refractivity contribution in [3.63, 3.8) is 0 Å². The maximum absolute atomic E-state index is 9.70. The highest BCUT2D eigenvalue weighted by Crippen LogP contribution is 2.36. The number of fused-ring (bicyclic) bond motifs is 2. The molecule has 0 amide bonds. The average molecular weight is 254 g/mol. The molecular weight excluding hydrogens is 236 g/mol. The van der Waals surface area contributed by atoms with Gasteiger partial charge in [0.1, 0.15) is 5.75 Å². The second-order valence-electron chi connectivity index (χ2n) is 5.00. The number of phenolic OH excluding ortho intramolecular Hbond substituents is 1. The van der Waals surface area contributed by atoms with Gasteiger partial charge in [-0.05, 0) is 37.1 Å². The average Bonchev–Trinajstić information content (AvgIpc) is 2.71. The van der Waals surface area contributed by atoms with Crippen LogP contribution in [0.3, 0.4) is 0 Å². The molecule has 2 heterocycles. The van der Waals surface area contributed by atoms with E-state index in [4.69, 9.17) is 4.98 Å². The van der Waals surface area contributed by atoms with Crippen LogP contribution in [-0.4, -0.2) is 22.0 Å². The number of benzene rings is 1. The number of nitrogens with zero attached hydrogens (tertiary/aromatic N) is 2. The van der Waals surface area contributed by atoms with E-state index in [0.717, 1.165) is 29.6 Å². The van der Waals surface area contributed by atoms with E-state index in [-0.39, 0.29) is 0 Å². The molecule has 1 aromatic carbocycles. The second kappa shape index (κ2) is 4.26. The molecule has 98 valence electrons. The van der Waals surface area contributed by atoms with E-state index in [2.05, 4.69) is 31.9 Å². The van der Waals surface area contributed by atoms with Gasteiger partial charge in [0.15, 0.2) is 0 Å². The zero-order chi connectivity index (χ0) is 13.6. The van der Waals surface area contributed by atoms with Crippen molar-refractivity contribution in [1.29, 1.82) is 0 Å². The van der Waals surface area contributed by atoms with E-state index in [1.165, 1.54) is 16.8 Å². The van der Waals surface area contributed by atoms with Gasteiger partial charge in [0, 0.05) is 24.5 Å². The van der Waals surface area contributed by atoms with Crippen LogP contribution in [-0.2, 0) is 13.0 Å². The Hall–Kier alpha value is -2.03. The van der Waals surface area contributed by atoms with Crippen LogP contribution in [0.5, 0.6) is 5.75 Å². The van der Waals surface area contributed by atoms with Gasteiger partial charge in [0.05, 0.1) is 16.9 Å². The molecule has 3 rings (SSSR count).